The maximum atomic E-state index is 12.7. The Morgan fingerprint density at radius 2 is 1.92 bits per heavy atom. The van der Waals surface area contributed by atoms with Crippen molar-refractivity contribution in [3.8, 4) is 17.2 Å². The first-order chi connectivity index (χ1) is 12.7. The highest BCUT2D eigenvalue weighted by Crippen LogP contribution is 2.33. The summed E-state index contributed by atoms with van der Waals surface area (Å²) in [5.74, 6) is 2.30. The van der Waals surface area contributed by atoms with Gasteiger partial charge in [-0.05, 0) is 42.3 Å². The fourth-order valence-corrected chi connectivity index (χ4v) is 3.42. The van der Waals surface area contributed by atoms with Gasteiger partial charge in [-0.2, -0.15) is 0 Å². The number of carbonyl (C=O) groups excluding carboxylic acids is 1. The maximum absolute atomic E-state index is 12.7. The Labute approximate surface area is 153 Å². The van der Waals surface area contributed by atoms with Gasteiger partial charge in [0.25, 0.3) is 5.91 Å². The Bertz CT molecular complexity index is 796. The van der Waals surface area contributed by atoms with Crippen molar-refractivity contribution in [3.63, 3.8) is 0 Å². The predicted molar refractivity (Wildman–Crippen MR) is 97.9 cm³/mol. The monoisotopic (exact) mass is 353 g/mol. The van der Waals surface area contributed by atoms with E-state index in [1.54, 1.807) is 18.2 Å². The summed E-state index contributed by atoms with van der Waals surface area (Å²) in [6, 6.07) is 13.6. The minimum absolute atomic E-state index is 0.0368. The third kappa shape index (κ3) is 3.47. The number of aryl methyl sites for hydroxylation is 1. The Kier molecular flexibility index (Phi) is 4.69. The Morgan fingerprint density at radius 1 is 1.12 bits per heavy atom. The molecular weight excluding hydrogens is 330 g/mol. The first kappa shape index (κ1) is 16.8. The number of ether oxygens (including phenoxy) is 3. The smallest absolute Gasteiger partial charge is 0.253 e. The van der Waals surface area contributed by atoms with Crippen molar-refractivity contribution in [2.24, 2.45) is 0 Å². The normalized spacial score (nSPS) is 16.6. The van der Waals surface area contributed by atoms with E-state index in [1.165, 1.54) is 5.56 Å². The number of piperidine rings is 1. The first-order valence-electron chi connectivity index (χ1n) is 9.17. The summed E-state index contributed by atoms with van der Waals surface area (Å²) >= 11 is 0. The molecule has 0 unspecified atom stereocenters. The highest BCUT2D eigenvalue weighted by Gasteiger charge is 2.26. The second kappa shape index (κ2) is 7.28. The zero-order chi connectivity index (χ0) is 17.9. The largest absolute Gasteiger partial charge is 0.490 e. The van der Waals surface area contributed by atoms with E-state index >= 15 is 0 Å². The fourth-order valence-electron chi connectivity index (χ4n) is 3.42. The van der Waals surface area contributed by atoms with Gasteiger partial charge in [-0.15, -0.1) is 0 Å². The molecule has 0 saturated carbocycles. The summed E-state index contributed by atoms with van der Waals surface area (Å²) in [5.41, 5.74) is 1.92. The van der Waals surface area contributed by atoms with Gasteiger partial charge in [0.2, 0.25) is 6.79 Å². The van der Waals surface area contributed by atoms with Gasteiger partial charge in [-0.3, -0.25) is 4.79 Å². The average Bonchev–Trinajstić information content (AvgIpc) is 3.16. The second-order valence-electron chi connectivity index (χ2n) is 6.68. The van der Waals surface area contributed by atoms with Crippen molar-refractivity contribution in [1.29, 1.82) is 0 Å². The molecule has 0 N–H and O–H groups in total. The van der Waals surface area contributed by atoms with Crippen molar-refractivity contribution in [2.45, 2.75) is 32.3 Å². The van der Waals surface area contributed by atoms with Gasteiger partial charge in [-0.1, -0.05) is 19.1 Å². The number of benzene rings is 2. The van der Waals surface area contributed by atoms with E-state index in [9.17, 15) is 4.79 Å². The zero-order valence-electron chi connectivity index (χ0n) is 14.9. The van der Waals surface area contributed by atoms with Crippen molar-refractivity contribution >= 4 is 5.91 Å². The standard InChI is InChI=1S/C21H23NO4/c1-2-15-4-3-5-18(12-15)26-17-8-10-22(11-9-17)21(23)16-6-7-19-20(13-16)25-14-24-19/h3-7,12-13,17H,2,8-11,14H2,1H3. The van der Waals surface area contributed by atoms with Crippen LogP contribution in [0.3, 0.4) is 0 Å². The van der Waals surface area contributed by atoms with Crippen LogP contribution in [-0.2, 0) is 6.42 Å². The number of hydrogen-bond acceptors (Lipinski definition) is 4. The van der Waals surface area contributed by atoms with Gasteiger partial charge < -0.3 is 19.1 Å². The van der Waals surface area contributed by atoms with Gasteiger partial charge in [0, 0.05) is 31.5 Å². The van der Waals surface area contributed by atoms with Crippen LogP contribution >= 0.6 is 0 Å². The summed E-state index contributed by atoms with van der Waals surface area (Å²) in [5, 5.41) is 0. The molecule has 26 heavy (non-hydrogen) atoms. The van der Waals surface area contributed by atoms with Crippen LogP contribution in [0.25, 0.3) is 0 Å². The van der Waals surface area contributed by atoms with Crippen LogP contribution in [0, 0.1) is 0 Å². The van der Waals surface area contributed by atoms with Crippen molar-refractivity contribution in [3.05, 3.63) is 53.6 Å². The second-order valence-corrected chi connectivity index (χ2v) is 6.68. The van der Waals surface area contributed by atoms with Gasteiger partial charge >= 0.3 is 0 Å². The number of amides is 1. The number of rotatable bonds is 4. The summed E-state index contributed by atoms with van der Waals surface area (Å²) in [6.07, 6.45) is 2.84. The molecule has 0 bridgehead atoms. The highest BCUT2D eigenvalue weighted by molar-refractivity contribution is 5.95. The lowest BCUT2D eigenvalue weighted by Gasteiger charge is -2.32. The molecule has 1 saturated heterocycles. The predicted octanol–water partition coefficient (Wildman–Crippen LogP) is 3.66. The van der Waals surface area contributed by atoms with Crippen LogP contribution in [0.1, 0.15) is 35.7 Å². The van der Waals surface area contributed by atoms with Crippen LogP contribution in [0.15, 0.2) is 42.5 Å². The minimum Gasteiger partial charge on any atom is -0.490 e. The lowest BCUT2D eigenvalue weighted by Crippen LogP contribution is -2.41. The van der Waals surface area contributed by atoms with E-state index < -0.39 is 0 Å². The quantitative estimate of drug-likeness (QED) is 0.842. The molecule has 2 heterocycles. The number of likely N-dealkylation sites (tertiary alicyclic amines) is 1. The Balaban J connectivity index is 1.35. The van der Waals surface area contributed by atoms with Gasteiger partial charge in [0.15, 0.2) is 11.5 Å². The fraction of sp³-hybridized carbons (Fsp3) is 0.381. The SMILES string of the molecule is CCc1cccc(OC2CCN(C(=O)c3ccc4c(c3)OCO4)CC2)c1. The highest BCUT2D eigenvalue weighted by atomic mass is 16.7. The molecule has 1 amide bonds. The van der Waals surface area contributed by atoms with Crippen LogP contribution in [0.5, 0.6) is 17.2 Å². The molecule has 0 aromatic heterocycles. The van der Waals surface area contributed by atoms with Crippen LogP contribution < -0.4 is 14.2 Å². The van der Waals surface area contributed by atoms with Crippen molar-refractivity contribution < 1.29 is 19.0 Å². The average molecular weight is 353 g/mol. The van der Waals surface area contributed by atoms with Crippen LogP contribution in [-0.4, -0.2) is 36.8 Å². The van der Waals surface area contributed by atoms with Gasteiger partial charge in [-0.25, -0.2) is 0 Å². The number of fused-ring (bicyclic) bond motifs is 1. The molecule has 2 aromatic rings. The molecule has 0 spiro atoms. The van der Waals surface area contributed by atoms with E-state index in [2.05, 4.69) is 19.1 Å². The van der Waals surface area contributed by atoms with E-state index in [0.717, 1.165) is 25.0 Å². The molecule has 4 rings (SSSR count). The van der Waals surface area contributed by atoms with Crippen molar-refractivity contribution in [2.75, 3.05) is 19.9 Å². The molecule has 5 nitrogen and oxygen atoms in total. The molecule has 2 aromatic carbocycles. The number of hydrogen-bond donors (Lipinski definition) is 0. The molecule has 0 atom stereocenters. The van der Waals surface area contributed by atoms with Crippen molar-refractivity contribution in [1.82, 2.24) is 4.90 Å². The Morgan fingerprint density at radius 3 is 2.73 bits per heavy atom. The topological polar surface area (TPSA) is 48.0 Å². The van der Waals surface area contributed by atoms with Crippen LogP contribution in [0.4, 0.5) is 0 Å². The molecule has 1 fully saturated rings. The molecule has 2 aliphatic rings. The zero-order valence-corrected chi connectivity index (χ0v) is 14.9. The van der Waals surface area contributed by atoms with Gasteiger partial charge in [0.05, 0.1) is 0 Å². The van der Waals surface area contributed by atoms with Crippen LogP contribution in [0.2, 0.25) is 0 Å². The minimum atomic E-state index is 0.0368. The lowest BCUT2D eigenvalue weighted by atomic mass is 10.1. The maximum Gasteiger partial charge on any atom is 0.253 e. The molecule has 0 aliphatic carbocycles. The molecule has 0 radical (unpaired) electrons. The first-order valence-corrected chi connectivity index (χ1v) is 9.17. The third-order valence-electron chi connectivity index (χ3n) is 4.96. The summed E-state index contributed by atoms with van der Waals surface area (Å²) in [6.45, 7) is 3.76. The summed E-state index contributed by atoms with van der Waals surface area (Å²) in [7, 11) is 0. The third-order valence-corrected chi connectivity index (χ3v) is 4.96. The van der Waals surface area contributed by atoms with E-state index in [-0.39, 0.29) is 18.8 Å². The molecule has 2 aliphatic heterocycles. The van der Waals surface area contributed by atoms with E-state index in [4.69, 9.17) is 14.2 Å². The van der Waals surface area contributed by atoms with E-state index in [0.29, 0.717) is 30.2 Å². The van der Waals surface area contributed by atoms with Gasteiger partial charge in [0.1, 0.15) is 11.9 Å². The molecule has 5 heteroatoms. The molecular formula is C21H23NO4. The molecule has 136 valence electrons. The number of carbonyl (C=O) groups is 1. The van der Waals surface area contributed by atoms with E-state index in [1.807, 2.05) is 17.0 Å². The Hall–Kier alpha value is -2.69. The summed E-state index contributed by atoms with van der Waals surface area (Å²) in [4.78, 5) is 14.6. The summed E-state index contributed by atoms with van der Waals surface area (Å²) < 4.78 is 16.8. The lowest BCUT2D eigenvalue weighted by molar-refractivity contribution is 0.0595. The number of nitrogens with zero attached hydrogens (tertiary/aromatic N) is 1.